The van der Waals surface area contributed by atoms with Gasteiger partial charge in [0, 0.05) is 19.1 Å². The maximum atomic E-state index is 11.8. The predicted molar refractivity (Wildman–Crippen MR) is 67.7 cm³/mol. The van der Waals surface area contributed by atoms with Gasteiger partial charge < -0.3 is 9.64 Å². The number of ether oxygens (including phenoxy) is 1. The summed E-state index contributed by atoms with van der Waals surface area (Å²) >= 11 is 4.05. The first-order valence-electron chi connectivity index (χ1n) is 5.74. The highest BCUT2D eigenvalue weighted by atomic mass is 32.1. The highest BCUT2D eigenvalue weighted by molar-refractivity contribution is 7.78. The second-order valence-electron chi connectivity index (χ2n) is 5.18. The van der Waals surface area contributed by atoms with Crippen LogP contribution in [0.5, 0.6) is 0 Å². The topological polar surface area (TPSA) is 49.9 Å². The number of nitrogens with zero attached hydrogens (tertiary/aromatic N) is 2. The Labute approximate surface area is 108 Å². The average molecular weight is 260 g/mol. The first-order valence-corrected chi connectivity index (χ1v) is 6.14. The molecule has 0 spiro atoms. The number of likely N-dealkylation sites (tertiary alicyclic amines) is 1. The fraction of sp³-hybridized carbons (Fsp3) is 0.818. The first kappa shape index (κ1) is 14.2. The van der Waals surface area contributed by atoms with Crippen LogP contribution in [0.2, 0.25) is 0 Å². The Kier molecular flexibility index (Phi) is 4.68. The molecule has 0 saturated carbocycles. The molecule has 1 aliphatic rings. The van der Waals surface area contributed by atoms with Crippen molar-refractivity contribution >= 4 is 25.3 Å². The van der Waals surface area contributed by atoms with Crippen molar-refractivity contribution in [3.05, 3.63) is 0 Å². The van der Waals surface area contributed by atoms with Gasteiger partial charge >= 0.3 is 6.09 Å². The van der Waals surface area contributed by atoms with Gasteiger partial charge in [0.15, 0.2) is 0 Å². The molecule has 17 heavy (non-hydrogen) atoms. The molecule has 0 N–H and O–H groups in total. The quantitative estimate of drug-likeness (QED) is 0.607. The summed E-state index contributed by atoms with van der Waals surface area (Å²) in [6, 6.07) is 0.106. The first-order chi connectivity index (χ1) is 7.83. The van der Waals surface area contributed by atoms with Gasteiger partial charge in [0.1, 0.15) is 5.60 Å². The van der Waals surface area contributed by atoms with E-state index < -0.39 is 5.60 Å². The smallest absolute Gasteiger partial charge is 0.410 e. The summed E-state index contributed by atoms with van der Waals surface area (Å²) in [5, 5.41) is 0. The SMILES string of the molecule is CC(C)(C)OC(=O)N1CCC(N(S)C=O)CC1. The Balaban J connectivity index is 2.41. The van der Waals surface area contributed by atoms with E-state index in [-0.39, 0.29) is 12.1 Å². The van der Waals surface area contributed by atoms with Gasteiger partial charge in [0.05, 0.1) is 0 Å². The Morgan fingerprint density at radius 2 is 1.94 bits per heavy atom. The minimum Gasteiger partial charge on any atom is -0.444 e. The van der Waals surface area contributed by atoms with Crippen LogP contribution in [0.15, 0.2) is 0 Å². The number of amides is 2. The summed E-state index contributed by atoms with van der Waals surface area (Å²) in [5.41, 5.74) is -0.466. The number of rotatable bonds is 2. The summed E-state index contributed by atoms with van der Waals surface area (Å²) in [6.45, 7) is 6.74. The monoisotopic (exact) mass is 260 g/mol. The lowest BCUT2D eigenvalue weighted by molar-refractivity contribution is -0.115. The highest BCUT2D eigenvalue weighted by Gasteiger charge is 2.28. The summed E-state index contributed by atoms with van der Waals surface area (Å²) < 4.78 is 6.65. The molecular formula is C11H20N2O3S. The molecule has 98 valence electrons. The third-order valence-electron chi connectivity index (χ3n) is 2.60. The van der Waals surface area contributed by atoms with Gasteiger partial charge in [-0.3, -0.25) is 9.10 Å². The van der Waals surface area contributed by atoms with Gasteiger partial charge in [-0.1, -0.05) is 12.8 Å². The maximum Gasteiger partial charge on any atom is 0.410 e. The third kappa shape index (κ3) is 4.46. The zero-order valence-corrected chi connectivity index (χ0v) is 11.4. The second kappa shape index (κ2) is 5.62. The lowest BCUT2D eigenvalue weighted by Crippen LogP contribution is -2.45. The highest BCUT2D eigenvalue weighted by Crippen LogP contribution is 2.19. The van der Waals surface area contributed by atoms with Crippen molar-refractivity contribution < 1.29 is 14.3 Å². The van der Waals surface area contributed by atoms with E-state index in [1.54, 1.807) is 4.90 Å². The molecule has 0 aromatic carbocycles. The number of thiol groups is 1. The fourth-order valence-corrected chi connectivity index (χ4v) is 1.96. The van der Waals surface area contributed by atoms with Crippen LogP contribution in [0.25, 0.3) is 0 Å². The molecule has 6 heteroatoms. The van der Waals surface area contributed by atoms with Crippen molar-refractivity contribution in [2.75, 3.05) is 13.1 Å². The molecule has 0 unspecified atom stereocenters. The van der Waals surface area contributed by atoms with Crippen molar-refractivity contribution in [1.82, 2.24) is 9.21 Å². The van der Waals surface area contributed by atoms with Crippen molar-refractivity contribution in [3.8, 4) is 0 Å². The van der Waals surface area contributed by atoms with Gasteiger partial charge in [-0.2, -0.15) is 0 Å². The van der Waals surface area contributed by atoms with E-state index in [0.717, 1.165) is 12.8 Å². The van der Waals surface area contributed by atoms with Gasteiger partial charge in [-0.05, 0) is 33.6 Å². The Morgan fingerprint density at radius 1 is 1.41 bits per heavy atom. The molecule has 1 heterocycles. The van der Waals surface area contributed by atoms with Crippen molar-refractivity contribution in [2.24, 2.45) is 0 Å². The van der Waals surface area contributed by atoms with Crippen molar-refractivity contribution in [2.45, 2.75) is 45.3 Å². The number of piperidine rings is 1. The minimum absolute atomic E-state index is 0.106. The van der Waals surface area contributed by atoms with Gasteiger partial charge in [0.2, 0.25) is 6.41 Å². The summed E-state index contributed by atoms with van der Waals surface area (Å²) in [6.07, 6.45) is 1.90. The molecule has 0 aromatic heterocycles. The number of carbonyl (C=O) groups excluding carboxylic acids is 2. The van der Waals surface area contributed by atoms with Crippen LogP contribution in [0.4, 0.5) is 4.79 Å². The van der Waals surface area contributed by atoms with Crippen LogP contribution in [0.1, 0.15) is 33.6 Å². The molecule has 1 rings (SSSR count). The zero-order chi connectivity index (χ0) is 13.1. The van der Waals surface area contributed by atoms with E-state index in [0.29, 0.717) is 19.5 Å². The number of carbonyl (C=O) groups is 2. The summed E-state index contributed by atoms with van der Waals surface area (Å²) in [4.78, 5) is 24.0. The number of hydrogen-bond donors (Lipinski definition) is 1. The van der Waals surface area contributed by atoms with Crippen LogP contribution < -0.4 is 0 Å². The third-order valence-corrected chi connectivity index (χ3v) is 3.02. The molecule has 1 saturated heterocycles. The van der Waals surface area contributed by atoms with Crippen LogP contribution in [0, 0.1) is 0 Å². The number of hydrogen-bond acceptors (Lipinski definition) is 4. The maximum absolute atomic E-state index is 11.8. The normalized spacial score (nSPS) is 17.8. The molecule has 0 aromatic rings. The molecule has 2 amide bonds. The van der Waals surface area contributed by atoms with E-state index in [2.05, 4.69) is 12.8 Å². The van der Waals surface area contributed by atoms with Crippen LogP contribution in [-0.4, -0.2) is 46.4 Å². The lowest BCUT2D eigenvalue weighted by atomic mass is 10.1. The van der Waals surface area contributed by atoms with E-state index in [9.17, 15) is 9.59 Å². The molecule has 1 fully saturated rings. The summed E-state index contributed by atoms with van der Waals surface area (Å²) in [5.74, 6) is 0. The molecule has 5 nitrogen and oxygen atoms in total. The van der Waals surface area contributed by atoms with Gasteiger partial charge in [0.25, 0.3) is 0 Å². The van der Waals surface area contributed by atoms with Crippen LogP contribution in [-0.2, 0) is 9.53 Å². The second-order valence-corrected chi connectivity index (χ2v) is 5.65. The fourth-order valence-electron chi connectivity index (χ4n) is 1.73. The van der Waals surface area contributed by atoms with Gasteiger partial charge in [-0.25, -0.2) is 4.79 Å². The standard InChI is InChI=1S/C11H20N2O3S/c1-11(2,3)16-10(15)12-6-4-9(5-7-12)13(17)8-14/h8-9,17H,4-7H2,1-3H3. The minimum atomic E-state index is -0.466. The zero-order valence-electron chi connectivity index (χ0n) is 10.5. The largest absolute Gasteiger partial charge is 0.444 e. The molecule has 0 atom stereocenters. The van der Waals surface area contributed by atoms with E-state index >= 15 is 0 Å². The molecule has 1 aliphatic heterocycles. The van der Waals surface area contributed by atoms with Crippen LogP contribution in [0.3, 0.4) is 0 Å². The molecular weight excluding hydrogens is 240 g/mol. The van der Waals surface area contributed by atoms with E-state index in [4.69, 9.17) is 4.74 Å². The Bertz CT molecular complexity index is 283. The Morgan fingerprint density at radius 3 is 2.35 bits per heavy atom. The van der Waals surface area contributed by atoms with E-state index in [1.807, 2.05) is 20.8 Å². The average Bonchev–Trinajstić information content (AvgIpc) is 2.26. The van der Waals surface area contributed by atoms with Crippen molar-refractivity contribution in [3.63, 3.8) is 0 Å². The molecule has 0 aliphatic carbocycles. The molecule has 0 bridgehead atoms. The summed E-state index contributed by atoms with van der Waals surface area (Å²) in [7, 11) is 0. The van der Waals surface area contributed by atoms with Crippen molar-refractivity contribution in [1.29, 1.82) is 0 Å². The Hall–Kier alpha value is -0.910. The molecule has 0 radical (unpaired) electrons. The van der Waals surface area contributed by atoms with Crippen LogP contribution >= 0.6 is 12.8 Å². The van der Waals surface area contributed by atoms with Gasteiger partial charge in [-0.15, -0.1) is 0 Å². The lowest BCUT2D eigenvalue weighted by Gasteiger charge is -2.35. The van der Waals surface area contributed by atoms with E-state index in [1.165, 1.54) is 4.31 Å². The predicted octanol–water partition coefficient (Wildman–Crippen LogP) is 1.69.